The molecule has 0 spiro atoms. The van der Waals surface area contributed by atoms with Crippen LogP contribution in [0.1, 0.15) is 33.4 Å². The normalized spacial score (nSPS) is 30.3. The molecule has 8 atom stereocenters. The highest BCUT2D eigenvalue weighted by Gasteiger charge is 2.48. The third-order valence-corrected chi connectivity index (χ3v) is 9.68. The first-order chi connectivity index (χ1) is 22.2. The summed E-state index contributed by atoms with van der Waals surface area (Å²) in [6, 6.07) is 14.4. The number of nitrogens with one attached hydrogen (secondary N) is 1. The fourth-order valence-corrected chi connectivity index (χ4v) is 7.36. The summed E-state index contributed by atoms with van der Waals surface area (Å²) in [5.74, 6) is -0.820. The highest BCUT2D eigenvalue weighted by molar-refractivity contribution is 6.39. The van der Waals surface area contributed by atoms with Crippen molar-refractivity contribution in [1.29, 1.82) is 0 Å². The Balaban J connectivity index is 1.33. The minimum Gasteiger partial charge on any atom is -0.391 e. The number of aliphatic hydroxyl groups excluding tert-OH is 3. The van der Waals surface area contributed by atoms with Crippen LogP contribution in [0, 0.1) is 0 Å². The van der Waals surface area contributed by atoms with Crippen molar-refractivity contribution in [3.05, 3.63) is 59.7 Å². The van der Waals surface area contributed by atoms with E-state index < -0.39 is 60.9 Å². The van der Waals surface area contributed by atoms with Crippen LogP contribution in [0.5, 0.6) is 0 Å². The number of para-hydroxylation sites is 2. The van der Waals surface area contributed by atoms with Gasteiger partial charge in [-0.1, -0.05) is 36.4 Å². The number of rotatable bonds is 5. The Hall–Kier alpha value is -3.92. The summed E-state index contributed by atoms with van der Waals surface area (Å²) in [5, 5.41) is 35.9. The summed E-state index contributed by atoms with van der Waals surface area (Å²) in [7, 11) is 2.88. The number of hydrogen-bond donors (Lipinski definition) is 5. The first-order valence-corrected chi connectivity index (χ1v) is 15.2. The highest BCUT2D eigenvalue weighted by atomic mass is 16.7. The fourth-order valence-electron chi connectivity index (χ4n) is 7.36. The van der Waals surface area contributed by atoms with E-state index in [0.29, 0.717) is 38.3 Å². The van der Waals surface area contributed by atoms with Crippen molar-refractivity contribution in [1.82, 2.24) is 14.5 Å². The number of aromatic nitrogens is 2. The number of methoxy groups -OCH3 is 1. The first kappa shape index (κ1) is 29.5. The van der Waals surface area contributed by atoms with Gasteiger partial charge in [-0.25, -0.2) is 0 Å². The largest absolute Gasteiger partial charge is 0.391 e. The number of carbonyl (C=O) groups is 2. The van der Waals surface area contributed by atoms with Crippen LogP contribution in [0.2, 0.25) is 0 Å². The molecule has 3 aromatic carbocycles. The average Bonchev–Trinajstić information content (AvgIpc) is 3.68. The maximum Gasteiger partial charge on any atom is 0.262 e. The van der Waals surface area contributed by atoms with E-state index in [1.165, 1.54) is 14.2 Å². The molecular weight excluding hydrogens is 596 g/mol. The lowest BCUT2D eigenvalue weighted by Crippen LogP contribution is -2.58. The van der Waals surface area contributed by atoms with Crippen LogP contribution < -0.4 is 5.73 Å². The van der Waals surface area contributed by atoms with Gasteiger partial charge < -0.3 is 49.6 Å². The number of aromatic amines is 1. The van der Waals surface area contributed by atoms with Gasteiger partial charge >= 0.3 is 0 Å². The zero-order valence-electron chi connectivity index (χ0n) is 25.1. The standard InChI is InChI=1S/C33H34N4O9/c1-36-31(41)24-22-14-7-3-5-9-17(14)35-26(22)27-23(25(24)32(36)42)15-8-4-6-10-18(15)37(27)33-29(40)28(39)30(43-2)20(46-33)13-45-21-11-19(38)16(34)12-44-21/h3-10,16,19-21,28-30,33,35,38-40H,11-13,34H2,1-2H3/t16-,19-,20-,21-,28-,29-,30-,33-/m1/s1. The van der Waals surface area contributed by atoms with Crippen molar-refractivity contribution < 1.29 is 43.9 Å². The number of ether oxygens (including phenoxy) is 4. The van der Waals surface area contributed by atoms with Crippen LogP contribution in [0.25, 0.3) is 43.6 Å². The predicted molar refractivity (Wildman–Crippen MR) is 166 cm³/mol. The van der Waals surface area contributed by atoms with E-state index in [2.05, 4.69) is 4.98 Å². The molecule has 0 unspecified atom stereocenters. The van der Waals surface area contributed by atoms with Crippen LogP contribution >= 0.6 is 0 Å². The minimum atomic E-state index is -1.46. The zero-order valence-corrected chi connectivity index (χ0v) is 25.1. The van der Waals surface area contributed by atoms with E-state index in [4.69, 9.17) is 24.7 Å². The highest BCUT2D eigenvalue weighted by Crippen LogP contribution is 2.47. The number of aliphatic hydroxyl groups is 3. The van der Waals surface area contributed by atoms with E-state index in [-0.39, 0.29) is 25.2 Å². The summed E-state index contributed by atoms with van der Waals surface area (Å²) in [5.41, 5.74) is 8.99. The maximum absolute atomic E-state index is 13.8. The third kappa shape index (κ3) is 4.11. The molecule has 8 rings (SSSR count). The Kier molecular flexibility index (Phi) is 6.94. The van der Waals surface area contributed by atoms with Crippen LogP contribution in [0.15, 0.2) is 48.5 Å². The van der Waals surface area contributed by atoms with Gasteiger partial charge in [-0.15, -0.1) is 0 Å². The number of imide groups is 1. The van der Waals surface area contributed by atoms with E-state index in [1.54, 1.807) is 4.57 Å². The van der Waals surface area contributed by atoms with Gasteiger partial charge in [0.25, 0.3) is 11.8 Å². The molecule has 240 valence electrons. The number of nitrogens with two attached hydrogens (primary N) is 1. The summed E-state index contributed by atoms with van der Waals surface area (Å²) < 4.78 is 25.5. The topological polar surface area (TPSA) is 182 Å². The molecule has 0 radical (unpaired) electrons. The van der Waals surface area contributed by atoms with E-state index >= 15 is 0 Å². The lowest BCUT2D eigenvalue weighted by Gasteiger charge is -2.43. The molecule has 2 aromatic heterocycles. The van der Waals surface area contributed by atoms with Gasteiger partial charge in [0.15, 0.2) is 12.5 Å². The second-order valence-electron chi connectivity index (χ2n) is 12.3. The molecule has 0 saturated carbocycles. The van der Waals surface area contributed by atoms with Crippen LogP contribution in [0.3, 0.4) is 0 Å². The third-order valence-electron chi connectivity index (χ3n) is 9.68. The molecule has 2 amide bonds. The second-order valence-corrected chi connectivity index (χ2v) is 12.3. The molecule has 13 heteroatoms. The zero-order chi connectivity index (χ0) is 32.0. The molecule has 0 bridgehead atoms. The number of nitrogens with zero attached hydrogens (tertiary/aromatic N) is 2. The van der Waals surface area contributed by atoms with E-state index in [0.717, 1.165) is 15.8 Å². The van der Waals surface area contributed by atoms with Crippen molar-refractivity contribution in [2.24, 2.45) is 5.73 Å². The van der Waals surface area contributed by atoms with Crippen molar-refractivity contribution >= 4 is 55.4 Å². The van der Waals surface area contributed by atoms with E-state index in [9.17, 15) is 24.9 Å². The summed E-state index contributed by atoms with van der Waals surface area (Å²) >= 11 is 0. The van der Waals surface area contributed by atoms with Gasteiger partial charge in [0.1, 0.15) is 24.4 Å². The molecule has 3 aliphatic rings. The minimum absolute atomic E-state index is 0.0858. The molecule has 5 aromatic rings. The lowest BCUT2D eigenvalue weighted by molar-refractivity contribution is -0.274. The Morgan fingerprint density at radius 2 is 1.67 bits per heavy atom. The van der Waals surface area contributed by atoms with Crippen LogP contribution in [-0.4, -0.2) is 112 Å². The number of amides is 2. The van der Waals surface area contributed by atoms with Crippen molar-refractivity contribution in [2.45, 2.75) is 55.5 Å². The fraction of sp³-hybridized carbons (Fsp3) is 0.394. The monoisotopic (exact) mass is 630 g/mol. The molecule has 2 fully saturated rings. The molecule has 5 heterocycles. The van der Waals surface area contributed by atoms with Gasteiger partial charge in [-0.2, -0.15) is 0 Å². The molecule has 46 heavy (non-hydrogen) atoms. The average molecular weight is 631 g/mol. The molecule has 6 N–H and O–H groups in total. The maximum atomic E-state index is 13.8. The van der Waals surface area contributed by atoms with E-state index in [1.807, 2.05) is 48.5 Å². The summed E-state index contributed by atoms with van der Waals surface area (Å²) in [6.45, 7) is 0.0368. The van der Waals surface area contributed by atoms with Gasteiger partial charge in [0.05, 0.1) is 53.0 Å². The second kappa shape index (κ2) is 10.8. The van der Waals surface area contributed by atoms with Gasteiger partial charge in [0, 0.05) is 47.6 Å². The molecule has 13 nitrogen and oxygen atoms in total. The van der Waals surface area contributed by atoms with Crippen LogP contribution in [0.4, 0.5) is 0 Å². The quantitative estimate of drug-likeness (QED) is 0.180. The number of carbonyl (C=O) groups excluding carboxylic acids is 2. The molecular formula is C33H34N4O9. The number of benzene rings is 3. The Labute approximate surface area is 262 Å². The summed E-state index contributed by atoms with van der Waals surface area (Å²) in [4.78, 5) is 32.0. The lowest BCUT2D eigenvalue weighted by atomic mass is 9.96. The first-order valence-electron chi connectivity index (χ1n) is 15.2. The summed E-state index contributed by atoms with van der Waals surface area (Å²) in [6.07, 6.45) is -7.22. The number of fused-ring (bicyclic) bond motifs is 10. The molecule has 0 aliphatic carbocycles. The van der Waals surface area contributed by atoms with Crippen molar-refractivity contribution in [3.8, 4) is 0 Å². The van der Waals surface area contributed by atoms with Gasteiger partial charge in [0.2, 0.25) is 0 Å². The Morgan fingerprint density at radius 1 is 0.978 bits per heavy atom. The smallest absolute Gasteiger partial charge is 0.262 e. The Morgan fingerprint density at radius 3 is 2.41 bits per heavy atom. The van der Waals surface area contributed by atoms with Crippen LogP contribution in [-0.2, 0) is 18.9 Å². The predicted octanol–water partition coefficient (Wildman–Crippen LogP) is 1.74. The number of H-pyrrole nitrogens is 1. The van der Waals surface area contributed by atoms with Gasteiger partial charge in [-0.3, -0.25) is 14.5 Å². The van der Waals surface area contributed by atoms with Gasteiger partial charge in [-0.05, 0) is 12.1 Å². The van der Waals surface area contributed by atoms with Crippen molar-refractivity contribution in [2.75, 3.05) is 27.4 Å². The number of hydrogen-bond acceptors (Lipinski definition) is 10. The van der Waals surface area contributed by atoms with Crippen molar-refractivity contribution in [3.63, 3.8) is 0 Å². The molecule has 2 saturated heterocycles. The molecule has 3 aliphatic heterocycles. The SMILES string of the molecule is CO[C@H]1[C@H](O)[C@@H](O)[C@H](n2c3ccccc3c3c4c(c5c6ccccc6[nH]c5c32)C(=O)N(C)C4=O)O[C@@H]1CO[C@@H]1C[C@@H](O)[C@H](N)CO1. The Bertz CT molecular complexity index is 2040.